The van der Waals surface area contributed by atoms with E-state index in [-0.39, 0.29) is 12.0 Å². The third kappa shape index (κ3) is 6.60. The molecular formula is C19H29NO4. The van der Waals surface area contributed by atoms with Gasteiger partial charge in [-0.2, -0.15) is 0 Å². The molecule has 0 unspecified atom stereocenters. The van der Waals surface area contributed by atoms with Crippen LogP contribution in [-0.4, -0.2) is 29.8 Å². The molecule has 1 amide bonds. The van der Waals surface area contributed by atoms with E-state index in [1.54, 1.807) is 27.7 Å². The van der Waals surface area contributed by atoms with E-state index in [2.05, 4.69) is 12.2 Å². The van der Waals surface area contributed by atoms with Crippen LogP contribution in [0.4, 0.5) is 4.79 Å². The highest BCUT2D eigenvalue weighted by atomic mass is 16.6. The summed E-state index contributed by atoms with van der Waals surface area (Å²) in [5.74, 6) is -0.355. The van der Waals surface area contributed by atoms with E-state index in [1.807, 2.05) is 37.3 Å². The SMILES string of the molecule is CC[C@@H](c1ccccc1)[C@H](C)OC(=O)[C@H](C)NC(=O)OC(C)(C)C. The van der Waals surface area contributed by atoms with Crippen molar-refractivity contribution in [3.8, 4) is 0 Å². The van der Waals surface area contributed by atoms with E-state index in [0.717, 1.165) is 12.0 Å². The summed E-state index contributed by atoms with van der Waals surface area (Å²) in [6.45, 7) is 10.8. The highest BCUT2D eigenvalue weighted by molar-refractivity contribution is 5.81. The number of hydrogen-bond donors (Lipinski definition) is 1. The quantitative estimate of drug-likeness (QED) is 0.797. The van der Waals surface area contributed by atoms with Gasteiger partial charge in [0.15, 0.2) is 0 Å². The molecule has 0 saturated heterocycles. The maximum atomic E-state index is 12.2. The normalized spacial score (nSPS) is 15.1. The van der Waals surface area contributed by atoms with Gasteiger partial charge in [0.05, 0.1) is 0 Å². The summed E-state index contributed by atoms with van der Waals surface area (Å²) in [5, 5.41) is 2.50. The van der Waals surface area contributed by atoms with E-state index in [1.165, 1.54) is 0 Å². The fourth-order valence-corrected chi connectivity index (χ4v) is 2.45. The summed E-state index contributed by atoms with van der Waals surface area (Å²) >= 11 is 0. The van der Waals surface area contributed by atoms with Crippen LogP contribution in [0.2, 0.25) is 0 Å². The van der Waals surface area contributed by atoms with Crippen LogP contribution >= 0.6 is 0 Å². The van der Waals surface area contributed by atoms with Crippen LogP contribution < -0.4 is 5.32 Å². The number of rotatable bonds is 6. The number of alkyl carbamates (subject to hydrolysis) is 1. The lowest BCUT2D eigenvalue weighted by molar-refractivity contribution is -0.151. The first-order chi connectivity index (χ1) is 11.1. The number of ether oxygens (including phenoxy) is 2. The Morgan fingerprint density at radius 2 is 1.71 bits per heavy atom. The van der Waals surface area contributed by atoms with Gasteiger partial charge in [0.1, 0.15) is 17.7 Å². The topological polar surface area (TPSA) is 64.6 Å². The molecule has 0 bridgehead atoms. The lowest BCUT2D eigenvalue weighted by Crippen LogP contribution is -2.43. The van der Waals surface area contributed by atoms with Gasteiger partial charge in [-0.05, 0) is 46.6 Å². The van der Waals surface area contributed by atoms with E-state index < -0.39 is 23.7 Å². The molecule has 0 saturated carbocycles. The minimum Gasteiger partial charge on any atom is -0.461 e. The number of esters is 1. The molecule has 0 fully saturated rings. The van der Waals surface area contributed by atoms with Crippen LogP contribution in [0.5, 0.6) is 0 Å². The summed E-state index contributed by atoms with van der Waals surface area (Å²) in [6, 6.07) is 9.19. The Hall–Kier alpha value is -2.04. The average molecular weight is 335 g/mol. The summed E-state index contributed by atoms with van der Waals surface area (Å²) in [4.78, 5) is 23.9. The highest BCUT2D eigenvalue weighted by Crippen LogP contribution is 2.25. The molecule has 1 rings (SSSR count). The minimum absolute atomic E-state index is 0.115. The predicted molar refractivity (Wildman–Crippen MR) is 93.9 cm³/mol. The molecule has 5 heteroatoms. The Balaban J connectivity index is 2.60. The first-order valence-corrected chi connectivity index (χ1v) is 8.39. The van der Waals surface area contributed by atoms with Gasteiger partial charge in [-0.15, -0.1) is 0 Å². The Kier molecular flexibility index (Phi) is 7.26. The van der Waals surface area contributed by atoms with Gasteiger partial charge in [-0.3, -0.25) is 0 Å². The number of amides is 1. The van der Waals surface area contributed by atoms with Crippen LogP contribution in [-0.2, 0) is 14.3 Å². The van der Waals surface area contributed by atoms with Gasteiger partial charge in [0, 0.05) is 5.92 Å². The van der Waals surface area contributed by atoms with Gasteiger partial charge in [-0.25, -0.2) is 9.59 Å². The molecule has 134 valence electrons. The summed E-state index contributed by atoms with van der Waals surface area (Å²) < 4.78 is 10.7. The standard InChI is InChI=1S/C19H29NO4/c1-7-16(15-11-9-8-10-12-15)14(3)23-17(21)13(2)20-18(22)24-19(4,5)6/h8-14,16H,7H2,1-6H3,(H,20,22)/t13-,14-,16+/m0/s1. The maximum Gasteiger partial charge on any atom is 0.408 e. The average Bonchev–Trinajstić information content (AvgIpc) is 2.46. The highest BCUT2D eigenvalue weighted by Gasteiger charge is 2.26. The number of hydrogen-bond acceptors (Lipinski definition) is 4. The number of carbonyl (C=O) groups is 2. The molecule has 1 N–H and O–H groups in total. The molecule has 0 heterocycles. The van der Waals surface area contributed by atoms with Crippen molar-refractivity contribution >= 4 is 12.1 Å². The van der Waals surface area contributed by atoms with Gasteiger partial charge in [0.25, 0.3) is 0 Å². The number of carbonyl (C=O) groups excluding carboxylic acids is 2. The van der Waals surface area contributed by atoms with Crippen molar-refractivity contribution < 1.29 is 19.1 Å². The monoisotopic (exact) mass is 335 g/mol. The summed E-state index contributed by atoms with van der Waals surface area (Å²) in [6.07, 6.45) is -0.0609. The number of nitrogens with one attached hydrogen (secondary N) is 1. The Labute approximate surface area is 144 Å². The largest absolute Gasteiger partial charge is 0.461 e. The molecule has 0 aromatic heterocycles. The van der Waals surface area contributed by atoms with Crippen LogP contribution in [0.1, 0.15) is 59.4 Å². The zero-order valence-corrected chi connectivity index (χ0v) is 15.5. The second-order valence-corrected chi connectivity index (χ2v) is 6.94. The molecule has 0 radical (unpaired) electrons. The van der Waals surface area contributed by atoms with E-state index in [0.29, 0.717) is 0 Å². The zero-order valence-electron chi connectivity index (χ0n) is 15.5. The van der Waals surface area contributed by atoms with Crippen LogP contribution in [0.3, 0.4) is 0 Å². The van der Waals surface area contributed by atoms with E-state index >= 15 is 0 Å². The molecule has 1 aromatic carbocycles. The van der Waals surface area contributed by atoms with Gasteiger partial charge < -0.3 is 14.8 Å². The Morgan fingerprint density at radius 1 is 1.12 bits per heavy atom. The predicted octanol–water partition coefficient (Wildman–Crippen LogP) is 4.03. The molecular weight excluding hydrogens is 306 g/mol. The smallest absolute Gasteiger partial charge is 0.408 e. The molecule has 0 aliphatic heterocycles. The fraction of sp³-hybridized carbons (Fsp3) is 0.579. The minimum atomic E-state index is -0.768. The molecule has 24 heavy (non-hydrogen) atoms. The maximum absolute atomic E-state index is 12.2. The Bertz CT molecular complexity index is 536. The van der Waals surface area contributed by atoms with E-state index in [4.69, 9.17) is 9.47 Å². The van der Waals surface area contributed by atoms with Crippen LogP contribution in [0.25, 0.3) is 0 Å². The van der Waals surface area contributed by atoms with Crippen LogP contribution in [0.15, 0.2) is 30.3 Å². The Morgan fingerprint density at radius 3 is 2.21 bits per heavy atom. The molecule has 0 spiro atoms. The first-order valence-electron chi connectivity index (χ1n) is 8.39. The van der Waals surface area contributed by atoms with Crippen molar-refractivity contribution in [2.75, 3.05) is 0 Å². The second-order valence-electron chi connectivity index (χ2n) is 6.94. The first kappa shape index (κ1) is 20.0. The lowest BCUT2D eigenvalue weighted by atomic mass is 9.92. The van der Waals surface area contributed by atoms with Gasteiger partial charge in [-0.1, -0.05) is 37.3 Å². The van der Waals surface area contributed by atoms with Crippen molar-refractivity contribution in [3.05, 3.63) is 35.9 Å². The second kappa shape index (κ2) is 8.71. The van der Waals surface area contributed by atoms with Crippen molar-refractivity contribution in [1.29, 1.82) is 0 Å². The fourth-order valence-electron chi connectivity index (χ4n) is 2.45. The molecule has 0 aliphatic carbocycles. The zero-order chi connectivity index (χ0) is 18.3. The van der Waals surface area contributed by atoms with Crippen molar-refractivity contribution in [3.63, 3.8) is 0 Å². The summed E-state index contributed by atoms with van der Waals surface area (Å²) in [7, 11) is 0. The molecule has 3 atom stereocenters. The lowest BCUT2D eigenvalue weighted by Gasteiger charge is -2.25. The van der Waals surface area contributed by atoms with Crippen molar-refractivity contribution in [2.24, 2.45) is 0 Å². The van der Waals surface area contributed by atoms with Crippen LogP contribution in [0, 0.1) is 0 Å². The van der Waals surface area contributed by atoms with Crippen molar-refractivity contribution in [2.45, 2.75) is 71.6 Å². The third-order valence-corrected chi connectivity index (χ3v) is 3.62. The molecule has 0 aliphatic rings. The molecule has 1 aromatic rings. The van der Waals surface area contributed by atoms with Crippen molar-refractivity contribution in [1.82, 2.24) is 5.32 Å². The van der Waals surface area contributed by atoms with Gasteiger partial charge in [0.2, 0.25) is 0 Å². The van der Waals surface area contributed by atoms with E-state index in [9.17, 15) is 9.59 Å². The molecule has 5 nitrogen and oxygen atoms in total. The third-order valence-electron chi connectivity index (χ3n) is 3.62. The summed E-state index contributed by atoms with van der Waals surface area (Å²) in [5.41, 5.74) is 0.523. The van der Waals surface area contributed by atoms with Gasteiger partial charge >= 0.3 is 12.1 Å². The number of benzene rings is 1.